The summed E-state index contributed by atoms with van der Waals surface area (Å²) in [6.45, 7) is 6.01. The Morgan fingerprint density at radius 3 is 2.36 bits per heavy atom. The van der Waals surface area contributed by atoms with Crippen LogP contribution in [0.5, 0.6) is 11.5 Å². The molecule has 1 amide bonds. The second kappa shape index (κ2) is 9.11. The predicted octanol–water partition coefficient (Wildman–Crippen LogP) is 4.43. The van der Waals surface area contributed by atoms with Crippen LogP contribution in [0.1, 0.15) is 43.9 Å². The minimum absolute atomic E-state index is 0.0504. The monoisotopic (exact) mass is 341 g/mol. The van der Waals surface area contributed by atoms with E-state index in [4.69, 9.17) is 9.47 Å². The highest BCUT2D eigenvalue weighted by molar-refractivity contribution is 5.81. The van der Waals surface area contributed by atoms with Gasteiger partial charge < -0.3 is 14.8 Å². The molecule has 0 fully saturated rings. The van der Waals surface area contributed by atoms with Crippen LogP contribution in [0, 0.1) is 6.92 Å². The van der Waals surface area contributed by atoms with Gasteiger partial charge in [-0.1, -0.05) is 44.2 Å². The van der Waals surface area contributed by atoms with Crippen LogP contribution in [0.25, 0.3) is 0 Å². The van der Waals surface area contributed by atoms with Crippen molar-refractivity contribution < 1.29 is 14.3 Å². The zero-order valence-electron chi connectivity index (χ0n) is 15.4. The first-order valence-electron chi connectivity index (χ1n) is 8.75. The fourth-order valence-electron chi connectivity index (χ4n) is 2.79. The summed E-state index contributed by atoms with van der Waals surface area (Å²) >= 11 is 0. The van der Waals surface area contributed by atoms with Crippen molar-refractivity contribution in [3.63, 3.8) is 0 Å². The number of hydrogen-bond acceptors (Lipinski definition) is 3. The maximum absolute atomic E-state index is 12.7. The highest BCUT2D eigenvalue weighted by Gasteiger charge is 2.22. The van der Waals surface area contributed by atoms with Crippen molar-refractivity contribution in [3.8, 4) is 11.5 Å². The summed E-state index contributed by atoms with van der Waals surface area (Å²) in [5.41, 5.74) is 2.13. The lowest BCUT2D eigenvalue weighted by atomic mass is 10.0. The summed E-state index contributed by atoms with van der Waals surface area (Å²) in [7, 11) is 1.66. The normalized spacial score (nSPS) is 13.0. The van der Waals surface area contributed by atoms with Crippen molar-refractivity contribution in [1.29, 1.82) is 0 Å². The van der Waals surface area contributed by atoms with E-state index >= 15 is 0 Å². The molecule has 0 radical (unpaired) electrons. The highest BCUT2D eigenvalue weighted by Crippen LogP contribution is 2.24. The summed E-state index contributed by atoms with van der Waals surface area (Å²) in [4.78, 5) is 12.7. The summed E-state index contributed by atoms with van der Waals surface area (Å²) in [6.07, 6.45) is 0.911. The van der Waals surface area contributed by atoms with Crippen LogP contribution in [-0.4, -0.2) is 19.1 Å². The van der Waals surface area contributed by atoms with Crippen molar-refractivity contribution in [3.05, 3.63) is 59.7 Å². The Balaban J connectivity index is 2.08. The summed E-state index contributed by atoms with van der Waals surface area (Å²) in [5, 5.41) is 3.11. The van der Waals surface area contributed by atoms with Crippen molar-refractivity contribution >= 4 is 5.91 Å². The zero-order valence-corrected chi connectivity index (χ0v) is 15.4. The molecule has 0 aliphatic heterocycles. The topological polar surface area (TPSA) is 47.6 Å². The number of aryl methyl sites for hydroxylation is 1. The number of ether oxygens (including phenoxy) is 2. The number of para-hydroxylation sites is 1. The lowest BCUT2D eigenvalue weighted by molar-refractivity contribution is -0.128. The van der Waals surface area contributed by atoms with Gasteiger partial charge in [0, 0.05) is 0 Å². The Hall–Kier alpha value is -2.49. The molecule has 0 spiro atoms. The van der Waals surface area contributed by atoms with Gasteiger partial charge in [0.2, 0.25) is 0 Å². The minimum Gasteiger partial charge on any atom is -0.496 e. The molecule has 0 aliphatic carbocycles. The fraction of sp³-hybridized carbons (Fsp3) is 0.381. The van der Waals surface area contributed by atoms with E-state index in [-0.39, 0.29) is 11.9 Å². The zero-order chi connectivity index (χ0) is 18.2. The molecule has 2 atom stereocenters. The molecule has 0 heterocycles. The quantitative estimate of drug-likeness (QED) is 0.773. The van der Waals surface area contributed by atoms with Crippen LogP contribution < -0.4 is 14.8 Å². The van der Waals surface area contributed by atoms with Gasteiger partial charge in [0.1, 0.15) is 11.5 Å². The number of benzene rings is 2. The highest BCUT2D eigenvalue weighted by atomic mass is 16.5. The summed E-state index contributed by atoms with van der Waals surface area (Å²) in [5.74, 6) is 1.47. The van der Waals surface area contributed by atoms with Crippen molar-refractivity contribution in [2.24, 2.45) is 0 Å². The Morgan fingerprint density at radius 1 is 1.08 bits per heavy atom. The molecule has 0 aliphatic rings. The maximum Gasteiger partial charge on any atom is 0.261 e. The van der Waals surface area contributed by atoms with E-state index in [0.29, 0.717) is 12.2 Å². The smallest absolute Gasteiger partial charge is 0.261 e. The van der Waals surface area contributed by atoms with Crippen molar-refractivity contribution in [2.45, 2.75) is 45.8 Å². The van der Waals surface area contributed by atoms with Gasteiger partial charge in [0.25, 0.3) is 5.91 Å². The molecular weight excluding hydrogens is 314 g/mol. The number of nitrogens with one attached hydrogen (secondary N) is 1. The number of amides is 1. The maximum atomic E-state index is 12.7. The molecule has 134 valence electrons. The van der Waals surface area contributed by atoms with Gasteiger partial charge in [-0.3, -0.25) is 4.79 Å². The van der Waals surface area contributed by atoms with Gasteiger partial charge in [0.05, 0.1) is 13.2 Å². The van der Waals surface area contributed by atoms with Crippen LogP contribution in [0.15, 0.2) is 48.5 Å². The molecule has 0 saturated carbocycles. The standard InChI is InChI=1S/C21H27NO3/c1-5-18(16-12-13-20(24-4)15(3)14-16)22-21(23)19(6-2)25-17-10-8-7-9-11-17/h7-14,18-19H,5-6H2,1-4H3,(H,22,23)/t18-,19-/m1/s1. The lowest BCUT2D eigenvalue weighted by Crippen LogP contribution is -2.39. The van der Waals surface area contributed by atoms with E-state index < -0.39 is 6.10 Å². The number of carbonyl (C=O) groups is 1. The molecule has 4 nitrogen and oxygen atoms in total. The molecule has 4 heteroatoms. The average Bonchev–Trinajstić information content (AvgIpc) is 2.64. The van der Waals surface area contributed by atoms with E-state index in [1.165, 1.54) is 0 Å². The largest absolute Gasteiger partial charge is 0.496 e. The Kier molecular flexibility index (Phi) is 6.87. The van der Waals surface area contributed by atoms with Crippen molar-refractivity contribution in [2.75, 3.05) is 7.11 Å². The van der Waals surface area contributed by atoms with E-state index in [2.05, 4.69) is 18.3 Å². The third-order valence-electron chi connectivity index (χ3n) is 4.23. The Bertz CT molecular complexity index is 685. The molecular formula is C21H27NO3. The van der Waals surface area contributed by atoms with Crippen LogP contribution >= 0.6 is 0 Å². The first-order valence-corrected chi connectivity index (χ1v) is 8.75. The lowest BCUT2D eigenvalue weighted by Gasteiger charge is -2.23. The summed E-state index contributed by atoms with van der Waals surface area (Å²) in [6, 6.07) is 15.4. The molecule has 0 bridgehead atoms. The van der Waals surface area contributed by atoms with E-state index in [1.807, 2.05) is 56.3 Å². The summed E-state index contributed by atoms with van der Waals surface area (Å²) < 4.78 is 11.1. The second-order valence-corrected chi connectivity index (χ2v) is 6.03. The van der Waals surface area contributed by atoms with Gasteiger partial charge >= 0.3 is 0 Å². The van der Waals surface area contributed by atoms with Crippen LogP contribution in [0.2, 0.25) is 0 Å². The van der Waals surface area contributed by atoms with Gasteiger partial charge in [-0.05, 0) is 49.1 Å². The molecule has 25 heavy (non-hydrogen) atoms. The molecule has 0 unspecified atom stereocenters. The Labute approximate surface area is 150 Å². The van der Waals surface area contributed by atoms with E-state index in [1.54, 1.807) is 7.11 Å². The van der Waals surface area contributed by atoms with Gasteiger partial charge in [-0.15, -0.1) is 0 Å². The number of methoxy groups -OCH3 is 1. The molecule has 2 rings (SSSR count). The minimum atomic E-state index is -0.504. The van der Waals surface area contributed by atoms with Crippen LogP contribution in [0.3, 0.4) is 0 Å². The third-order valence-corrected chi connectivity index (χ3v) is 4.23. The van der Waals surface area contributed by atoms with Gasteiger partial charge in [-0.25, -0.2) is 0 Å². The van der Waals surface area contributed by atoms with Crippen LogP contribution in [0.4, 0.5) is 0 Å². The number of hydrogen-bond donors (Lipinski definition) is 1. The average molecular weight is 341 g/mol. The van der Waals surface area contributed by atoms with Gasteiger partial charge in [-0.2, -0.15) is 0 Å². The first kappa shape index (κ1) is 18.8. The molecule has 2 aromatic carbocycles. The SMILES string of the molecule is CC[C@@H](Oc1ccccc1)C(=O)N[C@H](CC)c1ccc(OC)c(C)c1. The third kappa shape index (κ3) is 4.99. The van der Waals surface area contributed by atoms with E-state index in [0.717, 1.165) is 23.3 Å². The fourth-order valence-corrected chi connectivity index (χ4v) is 2.79. The second-order valence-electron chi connectivity index (χ2n) is 6.03. The molecule has 0 saturated heterocycles. The number of rotatable bonds is 8. The molecule has 1 N–H and O–H groups in total. The predicted molar refractivity (Wildman–Crippen MR) is 100 cm³/mol. The Morgan fingerprint density at radius 2 is 1.80 bits per heavy atom. The molecule has 2 aromatic rings. The number of carbonyl (C=O) groups excluding carboxylic acids is 1. The first-order chi connectivity index (χ1) is 12.1. The van der Waals surface area contributed by atoms with Crippen molar-refractivity contribution in [1.82, 2.24) is 5.32 Å². The molecule has 0 aromatic heterocycles. The van der Waals surface area contributed by atoms with Gasteiger partial charge in [0.15, 0.2) is 6.10 Å². The van der Waals surface area contributed by atoms with E-state index in [9.17, 15) is 4.79 Å². The van der Waals surface area contributed by atoms with Crippen LogP contribution in [-0.2, 0) is 4.79 Å².